The minimum absolute atomic E-state index is 0.0403. The number of carbonyl (C=O) groups is 1. The number of nitrogens with zero attached hydrogens (tertiary/aromatic N) is 3. The molecule has 5 heteroatoms. The summed E-state index contributed by atoms with van der Waals surface area (Å²) < 4.78 is 0. The van der Waals surface area contributed by atoms with Crippen LogP contribution in [0.15, 0.2) is 54.9 Å². The first kappa shape index (κ1) is 14.4. The Kier molecular flexibility index (Phi) is 3.98. The number of aryl methyl sites for hydroxylation is 1. The van der Waals surface area contributed by atoms with Gasteiger partial charge in [0.2, 0.25) is 0 Å². The smallest absolute Gasteiger partial charge is 0.270 e. The van der Waals surface area contributed by atoms with Gasteiger partial charge in [-0.05, 0) is 31.2 Å². The highest BCUT2D eigenvalue weighted by atomic mass is 32.1. The topological polar surface area (TPSA) is 46.1 Å². The summed E-state index contributed by atoms with van der Waals surface area (Å²) in [6.07, 6.45) is 3.45. The molecular formula is C17H15N3OS. The molecule has 3 rings (SSSR count). The van der Waals surface area contributed by atoms with E-state index in [4.69, 9.17) is 0 Å². The van der Waals surface area contributed by atoms with E-state index in [9.17, 15) is 4.79 Å². The van der Waals surface area contributed by atoms with Crippen molar-refractivity contribution in [2.45, 2.75) is 6.92 Å². The summed E-state index contributed by atoms with van der Waals surface area (Å²) in [6, 6.07) is 13.4. The van der Waals surface area contributed by atoms with Gasteiger partial charge in [-0.3, -0.25) is 9.78 Å². The number of hydrogen-bond donors (Lipinski definition) is 0. The lowest BCUT2D eigenvalue weighted by Gasteiger charge is -2.16. The largest absolute Gasteiger partial charge is 0.311 e. The lowest BCUT2D eigenvalue weighted by Crippen LogP contribution is -2.25. The Bertz CT molecular complexity index is 784. The van der Waals surface area contributed by atoms with E-state index in [1.165, 1.54) is 11.3 Å². The van der Waals surface area contributed by atoms with Crippen LogP contribution in [0.25, 0.3) is 10.6 Å². The van der Waals surface area contributed by atoms with Crippen molar-refractivity contribution in [2.75, 3.05) is 11.9 Å². The van der Waals surface area contributed by atoms with E-state index in [0.29, 0.717) is 4.88 Å². The molecule has 1 amide bonds. The second-order valence-electron chi connectivity index (χ2n) is 4.87. The highest BCUT2D eigenvalue weighted by Crippen LogP contribution is 2.29. The molecule has 0 aliphatic carbocycles. The van der Waals surface area contributed by atoms with Gasteiger partial charge in [-0.15, -0.1) is 11.3 Å². The SMILES string of the molecule is Cc1nc(-c2ccncc2)sc1C(=O)N(C)c1ccccc1. The van der Waals surface area contributed by atoms with Crippen molar-refractivity contribution in [3.8, 4) is 10.6 Å². The minimum atomic E-state index is -0.0403. The molecule has 22 heavy (non-hydrogen) atoms. The van der Waals surface area contributed by atoms with Crippen molar-refractivity contribution in [1.82, 2.24) is 9.97 Å². The zero-order chi connectivity index (χ0) is 15.5. The molecule has 0 spiro atoms. The van der Waals surface area contributed by atoms with Gasteiger partial charge in [-0.25, -0.2) is 4.98 Å². The van der Waals surface area contributed by atoms with Gasteiger partial charge in [-0.2, -0.15) is 0 Å². The molecule has 0 saturated heterocycles. The number of anilines is 1. The number of aromatic nitrogens is 2. The summed E-state index contributed by atoms with van der Waals surface area (Å²) in [5.74, 6) is -0.0403. The maximum atomic E-state index is 12.7. The molecule has 2 heterocycles. The highest BCUT2D eigenvalue weighted by molar-refractivity contribution is 7.17. The molecule has 0 saturated carbocycles. The number of thiazole rings is 1. The van der Waals surface area contributed by atoms with Crippen molar-refractivity contribution in [3.05, 3.63) is 65.4 Å². The van der Waals surface area contributed by atoms with Crippen LogP contribution in [0.3, 0.4) is 0 Å². The second kappa shape index (κ2) is 6.07. The monoisotopic (exact) mass is 309 g/mol. The van der Waals surface area contributed by atoms with Crippen LogP contribution in [0.2, 0.25) is 0 Å². The number of rotatable bonds is 3. The fourth-order valence-corrected chi connectivity index (χ4v) is 3.18. The lowest BCUT2D eigenvalue weighted by molar-refractivity contribution is 0.0996. The third-order valence-electron chi connectivity index (χ3n) is 3.37. The molecule has 0 bridgehead atoms. The Morgan fingerprint density at radius 2 is 1.77 bits per heavy atom. The zero-order valence-corrected chi connectivity index (χ0v) is 13.2. The summed E-state index contributed by atoms with van der Waals surface area (Å²) in [4.78, 5) is 23.5. The van der Waals surface area contributed by atoms with Crippen molar-refractivity contribution in [1.29, 1.82) is 0 Å². The maximum Gasteiger partial charge on any atom is 0.270 e. The van der Waals surface area contributed by atoms with Gasteiger partial charge in [0.25, 0.3) is 5.91 Å². The first-order valence-corrected chi connectivity index (χ1v) is 7.69. The number of amides is 1. The highest BCUT2D eigenvalue weighted by Gasteiger charge is 2.20. The fraction of sp³-hybridized carbons (Fsp3) is 0.118. The van der Waals surface area contributed by atoms with E-state index in [-0.39, 0.29) is 5.91 Å². The number of para-hydroxylation sites is 1. The van der Waals surface area contributed by atoms with E-state index in [1.54, 1.807) is 24.3 Å². The van der Waals surface area contributed by atoms with E-state index in [1.807, 2.05) is 49.4 Å². The summed E-state index contributed by atoms with van der Waals surface area (Å²) in [6.45, 7) is 1.87. The van der Waals surface area contributed by atoms with Gasteiger partial charge in [0, 0.05) is 30.7 Å². The number of pyridine rings is 1. The molecule has 0 aliphatic heterocycles. The number of carbonyl (C=O) groups excluding carboxylic acids is 1. The quantitative estimate of drug-likeness (QED) is 0.739. The standard InChI is InChI=1S/C17H15N3OS/c1-12-15(17(21)20(2)14-6-4-3-5-7-14)22-16(19-12)13-8-10-18-11-9-13/h3-11H,1-2H3. The minimum Gasteiger partial charge on any atom is -0.311 e. The van der Waals surface area contributed by atoms with Gasteiger partial charge in [0.15, 0.2) is 0 Å². The van der Waals surface area contributed by atoms with Crippen molar-refractivity contribution >= 4 is 22.9 Å². The fourth-order valence-electron chi connectivity index (χ4n) is 2.13. The van der Waals surface area contributed by atoms with Gasteiger partial charge in [0.05, 0.1) is 5.69 Å². The van der Waals surface area contributed by atoms with Crippen LogP contribution in [-0.2, 0) is 0 Å². The average molecular weight is 309 g/mol. The molecule has 0 unspecified atom stereocenters. The zero-order valence-electron chi connectivity index (χ0n) is 12.4. The van der Waals surface area contributed by atoms with E-state index in [0.717, 1.165) is 22.0 Å². The van der Waals surface area contributed by atoms with Gasteiger partial charge in [0.1, 0.15) is 9.88 Å². The van der Waals surface area contributed by atoms with Crippen LogP contribution in [0.4, 0.5) is 5.69 Å². The average Bonchev–Trinajstić information content (AvgIpc) is 2.97. The summed E-state index contributed by atoms with van der Waals surface area (Å²) in [5.41, 5.74) is 2.60. The van der Waals surface area contributed by atoms with E-state index < -0.39 is 0 Å². The second-order valence-corrected chi connectivity index (χ2v) is 5.87. The number of hydrogen-bond acceptors (Lipinski definition) is 4. The Morgan fingerprint density at radius 1 is 1.09 bits per heavy atom. The third-order valence-corrected chi connectivity index (χ3v) is 4.56. The Morgan fingerprint density at radius 3 is 2.45 bits per heavy atom. The molecule has 0 fully saturated rings. The first-order valence-electron chi connectivity index (χ1n) is 6.88. The molecule has 4 nitrogen and oxygen atoms in total. The van der Waals surface area contributed by atoms with Crippen LogP contribution in [0, 0.1) is 6.92 Å². The van der Waals surface area contributed by atoms with Crippen LogP contribution < -0.4 is 4.90 Å². The Hall–Kier alpha value is -2.53. The molecule has 0 atom stereocenters. The van der Waals surface area contributed by atoms with E-state index in [2.05, 4.69) is 9.97 Å². The molecular weight excluding hydrogens is 294 g/mol. The first-order chi connectivity index (χ1) is 10.7. The third kappa shape index (κ3) is 2.76. The van der Waals surface area contributed by atoms with Gasteiger partial charge >= 0.3 is 0 Å². The molecule has 1 aromatic carbocycles. The number of benzene rings is 1. The van der Waals surface area contributed by atoms with Crippen LogP contribution in [0.5, 0.6) is 0 Å². The summed E-state index contributed by atoms with van der Waals surface area (Å²) in [5, 5.41) is 0.838. The van der Waals surface area contributed by atoms with Crippen molar-refractivity contribution in [2.24, 2.45) is 0 Å². The predicted octanol–water partition coefficient (Wildman–Crippen LogP) is 3.79. The van der Waals surface area contributed by atoms with Crippen LogP contribution in [-0.4, -0.2) is 22.9 Å². The van der Waals surface area contributed by atoms with Crippen molar-refractivity contribution in [3.63, 3.8) is 0 Å². The molecule has 110 valence electrons. The molecule has 0 radical (unpaired) electrons. The lowest BCUT2D eigenvalue weighted by atomic mass is 10.2. The van der Waals surface area contributed by atoms with Crippen LogP contribution >= 0.6 is 11.3 Å². The Balaban J connectivity index is 1.92. The summed E-state index contributed by atoms with van der Waals surface area (Å²) in [7, 11) is 1.78. The van der Waals surface area contributed by atoms with E-state index >= 15 is 0 Å². The normalized spacial score (nSPS) is 10.5. The molecule has 0 N–H and O–H groups in total. The summed E-state index contributed by atoms with van der Waals surface area (Å²) >= 11 is 1.41. The Labute approximate surface area is 133 Å². The van der Waals surface area contributed by atoms with Gasteiger partial charge in [-0.1, -0.05) is 18.2 Å². The molecule has 3 aromatic rings. The van der Waals surface area contributed by atoms with Crippen LogP contribution in [0.1, 0.15) is 15.4 Å². The van der Waals surface area contributed by atoms with Gasteiger partial charge < -0.3 is 4.90 Å². The predicted molar refractivity (Wildman–Crippen MR) is 89.3 cm³/mol. The van der Waals surface area contributed by atoms with Crippen molar-refractivity contribution < 1.29 is 4.79 Å². The molecule has 0 aliphatic rings. The molecule has 2 aromatic heterocycles. The maximum absolute atomic E-state index is 12.7.